The van der Waals surface area contributed by atoms with Gasteiger partial charge in [0.05, 0.1) is 26.2 Å². The molecule has 22 heavy (non-hydrogen) atoms. The second-order valence-electron chi connectivity index (χ2n) is 4.00. The van der Waals surface area contributed by atoms with E-state index in [1.54, 1.807) is 0 Å². The zero-order chi connectivity index (χ0) is 15.7. The molecule has 0 spiro atoms. The third-order valence-corrected chi connectivity index (χ3v) is 2.17. The maximum atomic E-state index is 10.6. The van der Waals surface area contributed by atoms with Crippen LogP contribution in [0.2, 0.25) is 0 Å². The molecule has 0 saturated carbocycles. The Balaban J connectivity index is -0.00000180. The van der Waals surface area contributed by atoms with Gasteiger partial charge in [0.2, 0.25) is 0 Å². The normalized spacial score (nSPS) is 9.73. The molecule has 0 aliphatic heterocycles. The second kappa shape index (κ2) is 13.5. The van der Waals surface area contributed by atoms with Crippen molar-refractivity contribution in [3.8, 4) is 0 Å². The fourth-order valence-electron chi connectivity index (χ4n) is 1.48. The molecule has 4 N–H and O–H groups in total. The van der Waals surface area contributed by atoms with Crippen LogP contribution in [0.4, 0.5) is 0 Å². The minimum Gasteiger partial charge on any atom is -0.480 e. The number of carboxylic acid groups (broad SMARTS) is 4. The van der Waals surface area contributed by atoms with Crippen molar-refractivity contribution >= 4 is 23.9 Å². The molecule has 0 amide bonds. The van der Waals surface area contributed by atoms with Gasteiger partial charge in [-0.15, -0.1) is 0 Å². The van der Waals surface area contributed by atoms with Gasteiger partial charge >= 0.3 is 23.9 Å². The van der Waals surface area contributed by atoms with E-state index in [9.17, 15) is 19.2 Å². The molecule has 129 valence electrons. The summed E-state index contributed by atoms with van der Waals surface area (Å²) in [7, 11) is 0. The van der Waals surface area contributed by atoms with E-state index in [0.29, 0.717) is 0 Å². The molecule has 0 heterocycles. The molecule has 0 aromatic rings. The predicted octanol–water partition coefficient (Wildman–Crippen LogP) is -2.08. The van der Waals surface area contributed by atoms with E-state index in [1.165, 1.54) is 0 Å². The van der Waals surface area contributed by atoms with Crippen LogP contribution < -0.4 is 0 Å². The van der Waals surface area contributed by atoms with Crippen LogP contribution in [0.15, 0.2) is 0 Å². The van der Waals surface area contributed by atoms with Crippen LogP contribution in [0.1, 0.15) is 0 Å². The molecule has 0 atom stereocenters. The molecular weight excluding hydrogens is 387 g/mol. The van der Waals surface area contributed by atoms with Crippen molar-refractivity contribution in [3.05, 3.63) is 0 Å². The van der Waals surface area contributed by atoms with Crippen LogP contribution in [-0.2, 0) is 53.3 Å². The molecule has 12 heteroatoms. The summed E-state index contributed by atoms with van der Waals surface area (Å²) in [4.78, 5) is 44.4. The van der Waals surface area contributed by atoms with Crippen LogP contribution in [0.25, 0.3) is 0 Å². The van der Waals surface area contributed by atoms with Crippen LogP contribution >= 0.6 is 0 Å². The summed E-state index contributed by atoms with van der Waals surface area (Å²) < 4.78 is 0. The Morgan fingerprint density at radius 2 is 0.773 bits per heavy atom. The maximum absolute atomic E-state index is 10.6. The topological polar surface area (TPSA) is 156 Å². The van der Waals surface area contributed by atoms with Gasteiger partial charge < -0.3 is 20.4 Å². The van der Waals surface area contributed by atoms with Gasteiger partial charge in [0.25, 0.3) is 0 Å². The van der Waals surface area contributed by atoms with Crippen LogP contribution in [-0.4, -0.2) is 93.4 Å². The van der Waals surface area contributed by atoms with Gasteiger partial charge in [-0.3, -0.25) is 29.0 Å². The van der Waals surface area contributed by atoms with Gasteiger partial charge in [0.15, 0.2) is 0 Å². The first-order chi connectivity index (χ1) is 9.20. The summed E-state index contributed by atoms with van der Waals surface area (Å²) in [6.45, 7) is -2.25. The van der Waals surface area contributed by atoms with Crippen molar-refractivity contribution in [2.75, 3.05) is 39.3 Å². The van der Waals surface area contributed by atoms with Crippen LogP contribution in [0.5, 0.6) is 0 Å². The monoisotopic (exact) mass is 403 g/mol. The van der Waals surface area contributed by atoms with Gasteiger partial charge in [0.1, 0.15) is 0 Å². The van der Waals surface area contributed by atoms with Gasteiger partial charge in [-0.05, 0) is 0 Å². The van der Waals surface area contributed by atoms with Gasteiger partial charge in [-0.1, -0.05) is 0 Å². The molecule has 0 unspecified atom stereocenters. The molecule has 10 nitrogen and oxygen atoms in total. The second-order valence-corrected chi connectivity index (χ2v) is 4.00. The third kappa shape index (κ3) is 15.2. The zero-order valence-corrected chi connectivity index (χ0v) is 13.6. The number of carboxylic acids is 4. The van der Waals surface area contributed by atoms with Gasteiger partial charge in [0, 0.05) is 47.2 Å². The zero-order valence-electron chi connectivity index (χ0n) is 11.3. The SMILES string of the molecule is O=C(O)CN(CCN(CC(=O)O)CC(=O)O)CC(=O)O.[Fe].[Mn]. The summed E-state index contributed by atoms with van der Waals surface area (Å²) >= 11 is 0. The van der Waals surface area contributed by atoms with Crippen molar-refractivity contribution in [2.45, 2.75) is 0 Å². The molecule has 0 rings (SSSR count). The Hall–Kier alpha value is -1.16. The predicted molar refractivity (Wildman–Crippen MR) is 63.4 cm³/mol. The minimum atomic E-state index is -1.23. The first kappa shape index (κ1) is 25.8. The molecule has 0 saturated heterocycles. The molecule has 0 aliphatic carbocycles. The molecule has 0 aromatic carbocycles. The van der Waals surface area contributed by atoms with E-state index >= 15 is 0 Å². The van der Waals surface area contributed by atoms with E-state index in [0.717, 1.165) is 9.80 Å². The largest absolute Gasteiger partial charge is 0.480 e. The Bertz CT molecular complexity index is 327. The summed E-state index contributed by atoms with van der Waals surface area (Å²) in [5.41, 5.74) is 0. The van der Waals surface area contributed by atoms with Gasteiger partial charge in [-0.25, -0.2) is 0 Å². The Morgan fingerprint density at radius 1 is 0.591 bits per heavy atom. The van der Waals surface area contributed by atoms with Crippen molar-refractivity contribution < 1.29 is 73.7 Å². The summed E-state index contributed by atoms with van der Waals surface area (Å²) in [6.07, 6.45) is 0. The molecule has 1 radical (unpaired) electrons. The molecule has 0 bridgehead atoms. The minimum absolute atomic E-state index is 0. The quantitative estimate of drug-likeness (QED) is 0.283. The number of aliphatic carboxylic acids is 4. The first-order valence-corrected chi connectivity index (χ1v) is 5.52. The average Bonchev–Trinajstić information content (AvgIpc) is 2.22. The van der Waals surface area contributed by atoms with Crippen LogP contribution in [0, 0.1) is 0 Å². The summed E-state index contributed by atoms with van der Waals surface area (Å²) in [5.74, 6) is -4.91. The number of nitrogens with zero attached hydrogens (tertiary/aromatic N) is 2. The molecule has 0 aliphatic rings. The molecular formula is C10H16FeMnN2O8. The molecule has 0 fully saturated rings. The van der Waals surface area contributed by atoms with Crippen molar-refractivity contribution in [2.24, 2.45) is 0 Å². The third-order valence-electron chi connectivity index (χ3n) is 2.17. The summed E-state index contributed by atoms with van der Waals surface area (Å²) in [5, 5.41) is 34.5. The smallest absolute Gasteiger partial charge is 0.317 e. The van der Waals surface area contributed by atoms with E-state index in [4.69, 9.17) is 20.4 Å². The molecule has 0 aromatic heterocycles. The number of rotatable bonds is 11. The first-order valence-electron chi connectivity index (χ1n) is 5.52. The van der Waals surface area contributed by atoms with Crippen molar-refractivity contribution in [1.82, 2.24) is 9.80 Å². The fourth-order valence-corrected chi connectivity index (χ4v) is 1.48. The Labute approximate surface area is 147 Å². The van der Waals surface area contributed by atoms with Crippen molar-refractivity contribution in [1.29, 1.82) is 0 Å². The van der Waals surface area contributed by atoms with E-state index < -0.39 is 50.1 Å². The maximum Gasteiger partial charge on any atom is 0.317 e. The van der Waals surface area contributed by atoms with Crippen molar-refractivity contribution in [3.63, 3.8) is 0 Å². The number of hydrogen-bond acceptors (Lipinski definition) is 6. The van der Waals surface area contributed by atoms with E-state index in [1.807, 2.05) is 0 Å². The fraction of sp³-hybridized carbons (Fsp3) is 0.600. The number of hydrogen-bond donors (Lipinski definition) is 4. The Kier molecular flexibility index (Phi) is 15.8. The van der Waals surface area contributed by atoms with Crippen LogP contribution in [0.3, 0.4) is 0 Å². The Morgan fingerprint density at radius 3 is 0.909 bits per heavy atom. The van der Waals surface area contributed by atoms with Gasteiger partial charge in [-0.2, -0.15) is 0 Å². The standard InChI is InChI=1S/C10H16N2O8.Fe.Mn/c13-7(14)3-11(4-8(15)16)1-2-12(5-9(17)18)6-10(19)20;;/h1-6H2,(H,13,14)(H,15,16)(H,17,18)(H,19,20);;. The van der Waals surface area contributed by atoms with E-state index in [-0.39, 0.29) is 47.2 Å². The summed E-state index contributed by atoms with van der Waals surface area (Å²) in [6, 6.07) is 0. The van der Waals surface area contributed by atoms with E-state index in [2.05, 4.69) is 0 Å². The average molecular weight is 403 g/mol. The number of carbonyl (C=O) groups is 4.